The zero-order valence-corrected chi connectivity index (χ0v) is 17.9. The lowest BCUT2D eigenvalue weighted by atomic mass is 10.2. The SMILES string of the molecule is Cc1nc(NCCNC(=O)c2ccccc2Oc2ccccc2)cc(-n2ccnc2C)n1. The Balaban J connectivity index is 1.35. The first kappa shape index (κ1) is 21.0. The lowest BCUT2D eigenvalue weighted by molar-refractivity contribution is 0.0953. The van der Waals surface area contributed by atoms with Gasteiger partial charge in [-0.25, -0.2) is 15.0 Å². The fraction of sp³-hybridized carbons (Fsp3) is 0.167. The average Bonchev–Trinajstić information content (AvgIpc) is 3.23. The van der Waals surface area contributed by atoms with Gasteiger partial charge in [0.2, 0.25) is 0 Å². The summed E-state index contributed by atoms with van der Waals surface area (Å²) in [7, 11) is 0. The van der Waals surface area contributed by atoms with Crippen LogP contribution in [0.5, 0.6) is 11.5 Å². The lowest BCUT2D eigenvalue weighted by Crippen LogP contribution is -2.29. The van der Waals surface area contributed by atoms with E-state index in [0.717, 1.165) is 11.6 Å². The van der Waals surface area contributed by atoms with Gasteiger partial charge in [0, 0.05) is 31.5 Å². The van der Waals surface area contributed by atoms with Crippen molar-refractivity contribution in [1.29, 1.82) is 0 Å². The summed E-state index contributed by atoms with van der Waals surface area (Å²) >= 11 is 0. The Morgan fingerprint density at radius 1 is 1.00 bits per heavy atom. The van der Waals surface area contributed by atoms with Crippen LogP contribution in [0.3, 0.4) is 0 Å². The number of nitrogens with one attached hydrogen (secondary N) is 2. The second-order valence-electron chi connectivity index (χ2n) is 7.10. The Morgan fingerprint density at radius 3 is 2.56 bits per heavy atom. The number of aromatic nitrogens is 4. The predicted molar refractivity (Wildman–Crippen MR) is 122 cm³/mol. The minimum Gasteiger partial charge on any atom is -0.457 e. The Morgan fingerprint density at radius 2 is 1.78 bits per heavy atom. The van der Waals surface area contributed by atoms with E-state index in [1.54, 1.807) is 18.3 Å². The maximum Gasteiger partial charge on any atom is 0.255 e. The molecule has 2 N–H and O–H groups in total. The number of para-hydroxylation sites is 2. The van der Waals surface area contributed by atoms with Gasteiger partial charge in [-0.15, -0.1) is 0 Å². The zero-order valence-electron chi connectivity index (χ0n) is 17.9. The molecule has 4 rings (SSSR count). The Labute approximate surface area is 186 Å². The van der Waals surface area contributed by atoms with Crippen molar-refractivity contribution in [2.45, 2.75) is 13.8 Å². The maximum atomic E-state index is 12.7. The van der Waals surface area contributed by atoms with Gasteiger partial charge < -0.3 is 15.4 Å². The highest BCUT2D eigenvalue weighted by Gasteiger charge is 2.12. The molecule has 2 aromatic carbocycles. The van der Waals surface area contributed by atoms with Crippen molar-refractivity contribution >= 4 is 11.7 Å². The van der Waals surface area contributed by atoms with Crippen molar-refractivity contribution in [2.75, 3.05) is 18.4 Å². The van der Waals surface area contributed by atoms with Crippen molar-refractivity contribution in [3.63, 3.8) is 0 Å². The van der Waals surface area contributed by atoms with Gasteiger partial charge in [0.1, 0.15) is 34.8 Å². The summed E-state index contributed by atoms with van der Waals surface area (Å²) in [6, 6.07) is 18.4. The number of anilines is 1. The van der Waals surface area contributed by atoms with E-state index in [4.69, 9.17) is 4.74 Å². The van der Waals surface area contributed by atoms with Gasteiger partial charge in [-0.2, -0.15) is 0 Å². The molecule has 32 heavy (non-hydrogen) atoms. The third kappa shape index (κ3) is 5.10. The number of carbonyl (C=O) groups is 1. The third-order valence-corrected chi connectivity index (χ3v) is 4.72. The number of amides is 1. The molecule has 0 fully saturated rings. The van der Waals surface area contributed by atoms with Gasteiger partial charge in [0.05, 0.1) is 5.56 Å². The second kappa shape index (κ2) is 9.74. The van der Waals surface area contributed by atoms with E-state index in [1.165, 1.54) is 0 Å². The van der Waals surface area contributed by atoms with Gasteiger partial charge in [0.15, 0.2) is 0 Å². The summed E-state index contributed by atoms with van der Waals surface area (Å²) in [6.45, 7) is 4.68. The van der Waals surface area contributed by atoms with E-state index in [-0.39, 0.29) is 5.91 Å². The predicted octanol–water partition coefficient (Wildman–Crippen LogP) is 3.91. The summed E-state index contributed by atoms with van der Waals surface area (Å²) in [5.74, 6) is 3.90. The molecule has 1 amide bonds. The summed E-state index contributed by atoms with van der Waals surface area (Å²) in [4.78, 5) is 25.8. The van der Waals surface area contributed by atoms with E-state index in [9.17, 15) is 4.79 Å². The van der Waals surface area contributed by atoms with E-state index in [1.807, 2.05) is 73.1 Å². The summed E-state index contributed by atoms with van der Waals surface area (Å²) in [5.41, 5.74) is 0.479. The van der Waals surface area contributed by atoms with Crippen LogP contribution in [0.4, 0.5) is 5.82 Å². The first-order chi connectivity index (χ1) is 15.6. The van der Waals surface area contributed by atoms with Gasteiger partial charge >= 0.3 is 0 Å². The third-order valence-electron chi connectivity index (χ3n) is 4.72. The molecule has 2 heterocycles. The molecule has 0 unspecified atom stereocenters. The van der Waals surface area contributed by atoms with Crippen LogP contribution in [-0.2, 0) is 0 Å². The van der Waals surface area contributed by atoms with E-state index in [2.05, 4.69) is 25.6 Å². The van der Waals surface area contributed by atoms with Gasteiger partial charge in [-0.3, -0.25) is 9.36 Å². The molecular weight excluding hydrogens is 404 g/mol. The minimum absolute atomic E-state index is 0.202. The number of nitrogens with zero attached hydrogens (tertiary/aromatic N) is 4. The van der Waals surface area contributed by atoms with E-state index >= 15 is 0 Å². The van der Waals surface area contributed by atoms with Crippen LogP contribution in [0.15, 0.2) is 73.1 Å². The van der Waals surface area contributed by atoms with Crippen LogP contribution in [-0.4, -0.2) is 38.5 Å². The Kier molecular flexibility index (Phi) is 6.41. The first-order valence-electron chi connectivity index (χ1n) is 10.3. The molecule has 162 valence electrons. The number of hydrogen-bond acceptors (Lipinski definition) is 6. The largest absolute Gasteiger partial charge is 0.457 e. The number of aryl methyl sites for hydroxylation is 2. The number of imidazole rings is 1. The highest BCUT2D eigenvalue weighted by molar-refractivity contribution is 5.97. The van der Waals surface area contributed by atoms with Crippen LogP contribution in [0.2, 0.25) is 0 Å². The molecule has 8 nitrogen and oxygen atoms in total. The first-order valence-corrected chi connectivity index (χ1v) is 10.3. The fourth-order valence-corrected chi connectivity index (χ4v) is 3.21. The monoisotopic (exact) mass is 428 g/mol. The van der Waals surface area contributed by atoms with Gasteiger partial charge in [-0.1, -0.05) is 30.3 Å². The van der Waals surface area contributed by atoms with Crippen molar-refractivity contribution in [3.8, 4) is 17.3 Å². The number of benzene rings is 2. The molecule has 0 saturated heterocycles. The summed E-state index contributed by atoms with van der Waals surface area (Å²) in [6.07, 6.45) is 3.59. The van der Waals surface area contributed by atoms with Crippen molar-refractivity contribution < 1.29 is 9.53 Å². The van der Waals surface area contributed by atoms with E-state index < -0.39 is 0 Å². The molecule has 0 spiro atoms. The standard InChI is InChI=1S/C24H24N6O2/c1-17-28-22(16-23(29-17)30-15-14-25-18(30)2)26-12-13-27-24(31)20-10-6-7-11-21(20)32-19-8-4-3-5-9-19/h3-11,14-16H,12-13H2,1-2H3,(H,27,31)(H,26,28,29). The van der Waals surface area contributed by atoms with Crippen LogP contribution >= 0.6 is 0 Å². The van der Waals surface area contributed by atoms with Gasteiger partial charge in [0.25, 0.3) is 5.91 Å². The lowest BCUT2D eigenvalue weighted by Gasteiger charge is -2.12. The molecule has 4 aromatic rings. The van der Waals surface area contributed by atoms with Crippen molar-refractivity contribution in [3.05, 3.63) is 90.3 Å². The van der Waals surface area contributed by atoms with Crippen LogP contribution in [0.1, 0.15) is 22.0 Å². The number of ether oxygens (including phenoxy) is 1. The Hall–Kier alpha value is -4.20. The number of hydrogen-bond donors (Lipinski definition) is 2. The van der Waals surface area contributed by atoms with Crippen LogP contribution in [0, 0.1) is 13.8 Å². The maximum absolute atomic E-state index is 12.7. The zero-order chi connectivity index (χ0) is 22.3. The molecular formula is C24H24N6O2. The van der Waals surface area contributed by atoms with E-state index in [0.29, 0.717) is 41.8 Å². The fourth-order valence-electron chi connectivity index (χ4n) is 3.21. The topological polar surface area (TPSA) is 94.0 Å². The molecule has 8 heteroatoms. The molecule has 0 saturated carbocycles. The second-order valence-corrected chi connectivity index (χ2v) is 7.10. The molecule has 0 aliphatic heterocycles. The molecule has 0 atom stereocenters. The van der Waals surface area contributed by atoms with Crippen molar-refractivity contribution in [1.82, 2.24) is 24.8 Å². The molecule has 2 aromatic heterocycles. The van der Waals surface area contributed by atoms with Gasteiger partial charge in [-0.05, 0) is 38.1 Å². The normalized spacial score (nSPS) is 10.6. The highest BCUT2D eigenvalue weighted by atomic mass is 16.5. The van der Waals surface area contributed by atoms with Crippen LogP contribution < -0.4 is 15.4 Å². The summed E-state index contributed by atoms with van der Waals surface area (Å²) in [5, 5.41) is 6.16. The molecule has 0 aliphatic carbocycles. The smallest absolute Gasteiger partial charge is 0.255 e. The molecule has 0 bridgehead atoms. The summed E-state index contributed by atoms with van der Waals surface area (Å²) < 4.78 is 7.77. The Bertz CT molecular complexity index is 1210. The number of carbonyl (C=O) groups excluding carboxylic acids is 1. The number of rotatable bonds is 8. The highest BCUT2D eigenvalue weighted by Crippen LogP contribution is 2.24. The molecule has 0 aliphatic rings. The molecule has 0 radical (unpaired) electrons. The minimum atomic E-state index is -0.202. The average molecular weight is 428 g/mol. The quantitative estimate of drug-likeness (QED) is 0.413. The van der Waals surface area contributed by atoms with Crippen LogP contribution in [0.25, 0.3) is 5.82 Å². The van der Waals surface area contributed by atoms with Crippen molar-refractivity contribution in [2.24, 2.45) is 0 Å².